The van der Waals surface area contributed by atoms with Crippen molar-refractivity contribution in [3.8, 4) is 5.75 Å². The van der Waals surface area contributed by atoms with Gasteiger partial charge in [0.05, 0.1) is 11.1 Å². The molecule has 1 aliphatic heterocycles. The van der Waals surface area contributed by atoms with E-state index in [9.17, 15) is 9.59 Å². The van der Waals surface area contributed by atoms with Crippen molar-refractivity contribution >= 4 is 39.1 Å². The Kier molecular flexibility index (Phi) is 7.53. The van der Waals surface area contributed by atoms with Crippen LogP contribution in [0.5, 0.6) is 5.75 Å². The predicted molar refractivity (Wildman–Crippen MR) is 139 cm³/mol. The van der Waals surface area contributed by atoms with Gasteiger partial charge in [-0.1, -0.05) is 18.2 Å². The van der Waals surface area contributed by atoms with Crippen LogP contribution in [-0.2, 0) is 0 Å². The van der Waals surface area contributed by atoms with Gasteiger partial charge in [-0.3, -0.25) is 9.59 Å². The Labute approximate surface area is 208 Å². The van der Waals surface area contributed by atoms with E-state index in [0.29, 0.717) is 31.0 Å². The van der Waals surface area contributed by atoms with Crippen LogP contribution in [0.25, 0.3) is 0 Å². The molecule has 1 aliphatic rings. The molecule has 1 saturated heterocycles. The molecule has 6 nitrogen and oxygen atoms in total. The van der Waals surface area contributed by atoms with Gasteiger partial charge in [0.2, 0.25) is 0 Å². The molecule has 3 aromatic rings. The minimum atomic E-state index is -0.181. The summed E-state index contributed by atoms with van der Waals surface area (Å²) in [4.78, 5) is 29.7. The summed E-state index contributed by atoms with van der Waals surface area (Å²) in [6.45, 7) is 7.35. The molecule has 3 aromatic carbocycles. The fraction of sp³-hybridized carbons (Fsp3) is 0.259. The number of anilines is 2. The lowest BCUT2D eigenvalue weighted by atomic mass is 10.1. The molecule has 0 spiro atoms. The molecule has 34 heavy (non-hydrogen) atoms. The molecule has 0 atom stereocenters. The van der Waals surface area contributed by atoms with Crippen molar-refractivity contribution in [1.82, 2.24) is 4.90 Å². The minimum Gasteiger partial charge on any atom is -0.493 e. The summed E-state index contributed by atoms with van der Waals surface area (Å²) >= 11 is 3.45. The van der Waals surface area contributed by atoms with Crippen molar-refractivity contribution < 1.29 is 14.3 Å². The van der Waals surface area contributed by atoms with Crippen LogP contribution in [0.1, 0.15) is 33.2 Å². The second-order valence-corrected chi connectivity index (χ2v) is 9.03. The Bertz CT molecular complexity index is 1170. The van der Waals surface area contributed by atoms with Crippen LogP contribution < -0.4 is 15.0 Å². The van der Waals surface area contributed by atoms with Crippen molar-refractivity contribution in [1.29, 1.82) is 0 Å². The van der Waals surface area contributed by atoms with Gasteiger partial charge in [-0.15, -0.1) is 0 Å². The number of halogens is 1. The molecule has 0 saturated carbocycles. The summed E-state index contributed by atoms with van der Waals surface area (Å²) in [5.41, 5.74) is 4.13. The summed E-state index contributed by atoms with van der Waals surface area (Å²) in [5, 5.41) is 2.94. The van der Waals surface area contributed by atoms with Gasteiger partial charge in [0, 0.05) is 48.7 Å². The minimum absolute atomic E-state index is 0.0942. The third-order valence-electron chi connectivity index (χ3n) is 5.93. The Morgan fingerprint density at radius 1 is 0.971 bits per heavy atom. The van der Waals surface area contributed by atoms with Gasteiger partial charge in [-0.05, 0) is 83.9 Å². The Hall–Kier alpha value is -3.32. The van der Waals surface area contributed by atoms with Crippen LogP contribution in [0.2, 0.25) is 0 Å². The maximum atomic E-state index is 12.9. The van der Waals surface area contributed by atoms with Gasteiger partial charge in [-0.25, -0.2) is 0 Å². The van der Waals surface area contributed by atoms with Crippen molar-refractivity contribution in [2.45, 2.75) is 13.8 Å². The van der Waals surface area contributed by atoms with Crippen molar-refractivity contribution in [3.63, 3.8) is 0 Å². The van der Waals surface area contributed by atoms with Gasteiger partial charge in [-0.2, -0.15) is 0 Å². The fourth-order valence-electron chi connectivity index (χ4n) is 4.02. The number of nitrogens with one attached hydrogen (secondary N) is 1. The molecule has 4 rings (SSSR count). The van der Waals surface area contributed by atoms with Gasteiger partial charge in [0.25, 0.3) is 11.8 Å². The largest absolute Gasteiger partial charge is 0.493 e. The molecule has 0 radical (unpaired) electrons. The van der Waals surface area contributed by atoms with E-state index in [2.05, 4.69) is 26.1 Å². The number of rotatable bonds is 6. The molecule has 1 N–H and O–H groups in total. The smallest absolute Gasteiger partial charge is 0.255 e. The second-order valence-electron chi connectivity index (χ2n) is 8.17. The van der Waals surface area contributed by atoms with E-state index in [-0.39, 0.29) is 11.8 Å². The van der Waals surface area contributed by atoms with Gasteiger partial charge in [0.1, 0.15) is 5.75 Å². The Morgan fingerprint density at radius 3 is 2.32 bits per heavy atom. The topological polar surface area (TPSA) is 61.9 Å². The first-order chi connectivity index (χ1) is 16.5. The van der Waals surface area contributed by atoms with Crippen LogP contribution in [0.3, 0.4) is 0 Å². The molecule has 7 heteroatoms. The second kappa shape index (κ2) is 10.7. The number of amides is 2. The summed E-state index contributed by atoms with van der Waals surface area (Å²) in [6.07, 6.45) is 0. The molecule has 2 amide bonds. The van der Waals surface area contributed by atoms with Crippen molar-refractivity contribution in [2.24, 2.45) is 0 Å². The molecule has 0 aliphatic carbocycles. The third kappa shape index (κ3) is 5.42. The number of carbonyl (C=O) groups excluding carboxylic acids is 2. The molecule has 0 bridgehead atoms. The highest BCUT2D eigenvalue weighted by atomic mass is 79.9. The van der Waals surface area contributed by atoms with Crippen LogP contribution in [0.15, 0.2) is 71.2 Å². The zero-order valence-corrected chi connectivity index (χ0v) is 21.0. The van der Waals surface area contributed by atoms with E-state index >= 15 is 0 Å². The van der Waals surface area contributed by atoms with Gasteiger partial charge in [0.15, 0.2) is 0 Å². The summed E-state index contributed by atoms with van der Waals surface area (Å²) in [5.74, 6) is 0.626. The third-order valence-corrected chi connectivity index (χ3v) is 6.55. The van der Waals surface area contributed by atoms with Crippen LogP contribution in [-0.4, -0.2) is 49.5 Å². The molecule has 0 aromatic heterocycles. The first-order valence-corrected chi connectivity index (χ1v) is 12.2. The van der Waals surface area contributed by atoms with Crippen molar-refractivity contribution in [3.05, 3.63) is 87.9 Å². The van der Waals surface area contributed by atoms with Crippen molar-refractivity contribution in [2.75, 3.05) is 43.0 Å². The molecule has 176 valence electrons. The highest BCUT2D eigenvalue weighted by molar-refractivity contribution is 9.10. The number of benzene rings is 3. The lowest BCUT2D eigenvalue weighted by molar-refractivity contribution is 0.0746. The molecular weight excluding hydrogens is 494 g/mol. The maximum Gasteiger partial charge on any atom is 0.255 e. The average molecular weight is 522 g/mol. The van der Waals surface area contributed by atoms with Crippen LogP contribution in [0, 0.1) is 6.92 Å². The average Bonchev–Trinajstić information content (AvgIpc) is 2.86. The standard InChI is InChI=1S/C27H28BrN3O3/c1-3-34-25-13-8-20(18-24(25)28)26(32)29-21-9-11-22(12-10-21)30-14-16-31(17-15-30)27(33)23-7-5-4-6-19(23)2/h4-13,18H,3,14-17H2,1-2H3,(H,29,32). The van der Waals surface area contributed by atoms with E-state index in [1.807, 2.05) is 67.3 Å². The maximum absolute atomic E-state index is 12.9. The molecule has 1 heterocycles. The lowest BCUT2D eigenvalue weighted by Gasteiger charge is -2.36. The summed E-state index contributed by atoms with van der Waals surface area (Å²) in [6, 6.07) is 20.8. The monoisotopic (exact) mass is 521 g/mol. The number of nitrogens with zero attached hydrogens (tertiary/aromatic N) is 2. The highest BCUT2D eigenvalue weighted by Gasteiger charge is 2.23. The quantitative estimate of drug-likeness (QED) is 0.473. The number of hydrogen-bond acceptors (Lipinski definition) is 4. The van der Waals surface area contributed by atoms with E-state index < -0.39 is 0 Å². The van der Waals surface area contributed by atoms with E-state index in [1.165, 1.54) is 0 Å². The van der Waals surface area contributed by atoms with Crippen LogP contribution in [0.4, 0.5) is 11.4 Å². The first-order valence-electron chi connectivity index (χ1n) is 11.4. The first kappa shape index (κ1) is 23.8. The number of aryl methyl sites for hydroxylation is 1. The van der Waals surface area contributed by atoms with E-state index in [0.717, 1.165) is 40.1 Å². The van der Waals surface area contributed by atoms with Gasteiger partial charge >= 0.3 is 0 Å². The number of hydrogen-bond donors (Lipinski definition) is 1. The fourth-order valence-corrected chi connectivity index (χ4v) is 4.52. The van der Waals surface area contributed by atoms with Gasteiger partial charge < -0.3 is 19.9 Å². The SMILES string of the molecule is CCOc1ccc(C(=O)Nc2ccc(N3CCN(C(=O)c4ccccc4C)CC3)cc2)cc1Br. The molecule has 1 fully saturated rings. The van der Waals surface area contributed by atoms with E-state index in [1.54, 1.807) is 18.2 Å². The zero-order chi connectivity index (χ0) is 24.1. The molecule has 0 unspecified atom stereocenters. The normalized spacial score (nSPS) is 13.5. The number of ether oxygens (including phenoxy) is 1. The van der Waals surface area contributed by atoms with E-state index in [4.69, 9.17) is 4.74 Å². The summed E-state index contributed by atoms with van der Waals surface area (Å²) in [7, 11) is 0. The Morgan fingerprint density at radius 2 is 1.68 bits per heavy atom. The predicted octanol–water partition coefficient (Wildman–Crippen LogP) is 5.37. The lowest BCUT2D eigenvalue weighted by Crippen LogP contribution is -2.48. The number of piperazine rings is 1. The van der Waals surface area contributed by atoms with Crippen LogP contribution >= 0.6 is 15.9 Å². The zero-order valence-electron chi connectivity index (χ0n) is 19.4. The highest BCUT2D eigenvalue weighted by Crippen LogP contribution is 2.27. The molecular formula is C27H28BrN3O3. The number of carbonyl (C=O) groups is 2. The summed E-state index contributed by atoms with van der Waals surface area (Å²) < 4.78 is 6.25. The Balaban J connectivity index is 1.33.